The third kappa shape index (κ3) is 3.37. The quantitative estimate of drug-likeness (QED) is 0.505. The highest BCUT2D eigenvalue weighted by molar-refractivity contribution is 5.98. The van der Waals surface area contributed by atoms with Crippen LogP contribution in [0.2, 0.25) is 0 Å². The lowest BCUT2D eigenvalue weighted by Crippen LogP contribution is -2.27. The van der Waals surface area contributed by atoms with Crippen molar-refractivity contribution in [2.24, 2.45) is 0 Å². The number of nitrogen functional groups attached to an aromatic ring is 1. The van der Waals surface area contributed by atoms with E-state index in [1.807, 2.05) is 5.48 Å². The van der Waals surface area contributed by atoms with E-state index in [-0.39, 0.29) is 22.5 Å². The van der Waals surface area contributed by atoms with Gasteiger partial charge in [-0.1, -0.05) is 12.1 Å². The van der Waals surface area contributed by atoms with Gasteiger partial charge in [0.15, 0.2) is 0 Å². The van der Waals surface area contributed by atoms with E-state index in [9.17, 15) is 19.7 Å². The van der Waals surface area contributed by atoms with Crippen LogP contribution in [0.15, 0.2) is 48.5 Å². The number of nitro groups is 1. The van der Waals surface area contributed by atoms with Crippen molar-refractivity contribution in [2.75, 3.05) is 5.73 Å². The molecule has 0 aliphatic heterocycles. The van der Waals surface area contributed by atoms with E-state index in [0.717, 1.165) is 0 Å². The average molecular weight is 301 g/mol. The highest BCUT2D eigenvalue weighted by atomic mass is 16.7. The van der Waals surface area contributed by atoms with Gasteiger partial charge in [-0.05, 0) is 24.3 Å². The summed E-state index contributed by atoms with van der Waals surface area (Å²) >= 11 is 0. The fourth-order valence-corrected chi connectivity index (χ4v) is 1.62. The van der Waals surface area contributed by atoms with E-state index in [2.05, 4.69) is 4.84 Å². The molecule has 0 atom stereocenters. The molecule has 0 saturated carbocycles. The molecule has 22 heavy (non-hydrogen) atoms. The molecule has 0 radical (unpaired) electrons. The third-order valence-electron chi connectivity index (χ3n) is 2.76. The van der Waals surface area contributed by atoms with Crippen LogP contribution in [0.5, 0.6) is 0 Å². The van der Waals surface area contributed by atoms with Gasteiger partial charge < -0.3 is 10.6 Å². The van der Waals surface area contributed by atoms with E-state index < -0.39 is 16.8 Å². The summed E-state index contributed by atoms with van der Waals surface area (Å²) in [7, 11) is 0. The summed E-state index contributed by atoms with van der Waals surface area (Å²) in [5.74, 6) is -1.52. The van der Waals surface area contributed by atoms with Crippen LogP contribution in [-0.2, 0) is 4.84 Å². The van der Waals surface area contributed by atoms with Gasteiger partial charge in [-0.3, -0.25) is 14.9 Å². The zero-order valence-corrected chi connectivity index (χ0v) is 11.2. The number of carbonyl (C=O) groups is 2. The zero-order chi connectivity index (χ0) is 16.1. The number of nitrogens with two attached hydrogens (primary N) is 1. The second kappa shape index (κ2) is 6.35. The summed E-state index contributed by atoms with van der Waals surface area (Å²) in [6.45, 7) is 0. The fourth-order valence-electron chi connectivity index (χ4n) is 1.62. The third-order valence-corrected chi connectivity index (χ3v) is 2.76. The number of hydroxylamine groups is 1. The number of nitrogens with one attached hydrogen (secondary N) is 1. The Labute approximate surface area is 124 Å². The Balaban J connectivity index is 1.99. The zero-order valence-electron chi connectivity index (χ0n) is 11.2. The minimum Gasteiger partial charge on any atom is -0.398 e. The molecular formula is C14H11N3O5. The summed E-state index contributed by atoms with van der Waals surface area (Å²) in [5.41, 5.74) is 7.87. The highest BCUT2D eigenvalue weighted by Gasteiger charge is 2.14. The molecule has 0 aliphatic carbocycles. The highest BCUT2D eigenvalue weighted by Crippen LogP contribution is 2.13. The Hall–Kier alpha value is -3.42. The molecule has 8 nitrogen and oxygen atoms in total. The molecule has 0 aromatic heterocycles. The lowest BCUT2D eigenvalue weighted by atomic mass is 10.2. The molecule has 0 heterocycles. The molecule has 3 N–H and O–H groups in total. The van der Waals surface area contributed by atoms with E-state index >= 15 is 0 Å². The van der Waals surface area contributed by atoms with Crippen molar-refractivity contribution in [1.82, 2.24) is 5.48 Å². The van der Waals surface area contributed by atoms with Crippen molar-refractivity contribution >= 4 is 23.3 Å². The van der Waals surface area contributed by atoms with E-state index in [0.29, 0.717) is 0 Å². The number of non-ortho nitro benzene ring substituents is 1. The van der Waals surface area contributed by atoms with Crippen LogP contribution in [0, 0.1) is 10.1 Å². The number of amides is 1. The summed E-state index contributed by atoms with van der Waals surface area (Å²) < 4.78 is 0. The largest absolute Gasteiger partial charge is 0.398 e. The van der Waals surface area contributed by atoms with Crippen LogP contribution in [0.25, 0.3) is 0 Å². The predicted octanol–water partition coefficient (Wildman–Crippen LogP) is 1.68. The van der Waals surface area contributed by atoms with Crippen molar-refractivity contribution in [1.29, 1.82) is 0 Å². The van der Waals surface area contributed by atoms with Gasteiger partial charge in [-0.15, -0.1) is 0 Å². The second-order valence-corrected chi connectivity index (χ2v) is 4.21. The minimum absolute atomic E-state index is 0.111. The Morgan fingerprint density at radius 2 is 1.73 bits per heavy atom. The minimum atomic E-state index is -0.812. The Kier molecular flexibility index (Phi) is 4.33. The van der Waals surface area contributed by atoms with E-state index in [1.165, 1.54) is 36.4 Å². The first-order chi connectivity index (χ1) is 10.5. The number of anilines is 1. The molecule has 0 fully saturated rings. The molecule has 2 aromatic rings. The second-order valence-electron chi connectivity index (χ2n) is 4.21. The topological polar surface area (TPSA) is 125 Å². The van der Waals surface area contributed by atoms with Crippen LogP contribution in [0.4, 0.5) is 11.4 Å². The maximum Gasteiger partial charge on any atom is 0.365 e. The van der Waals surface area contributed by atoms with Crippen LogP contribution < -0.4 is 11.2 Å². The summed E-state index contributed by atoms with van der Waals surface area (Å²) in [4.78, 5) is 38.1. The van der Waals surface area contributed by atoms with Gasteiger partial charge in [-0.2, -0.15) is 5.48 Å². The molecule has 0 bridgehead atoms. The first kappa shape index (κ1) is 15.0. The number of para-hydroxylation sites is 1. The molecule has 0 aliphatic rings. The first-order valence-electron chi connectivity index (χ1n) is 6.09. The van der Waals surface area contributed by atoms with Gasteiger partial charge in [0.05, 0.1) is 10.5 Å². The molecule has 8 heteroatoms. The lowest BCUT2D eigenvalue weighted by molar-refractivity contribution is -0.384. The SMILES string of the molecule is Nc1ccccc1C(=O)ONC(=O)c1ccc([N+](=O)[O-])cc1. The number of carbonyl (C=O) groups excluding carboxylic acids is 2. The maximum absolute atomic E-state index is 11.8. The molecule has 0 unspecified atom stereocenters. The van der Waals surface area contributed by atoms with Gasteiger partial charge in [0, 0.05) is 23.4 Å². The van der Waals surface area contributed by atoms with E-state index in [4.69, 9.17) is 5.73 Å². The van der Waals surface area contributed by atoms with Gasteiger partial charge in [0.1, 0.15) is 0 Å². The lowest BCUT2D eigenvalue weighted by Gasteiger charge is -2.07. The van der Waals surface area contributed by atoms with Gasteiger partial charge in [0.25, 0.3) is 11.6 Å². The Morgan fingerprint density at radius 1 is 1.09 bits per heavy atom. The molecule has 0 saturated heterocycles. The van der Waals surface area contributed by atoms with Gasteiger partial charge >= 0.3 is 5.97 Å². The normalized spacial score (nSPS) is 9.82. The predicted molar refractivity (Wildman–Crippen MR) is 76.8 cm³/mol. The molecular weight excluding hydrogens is 290 g/mol. The van der Waals surface area contributed by atoms with Crippen LogP contribution in [-0.4, -0.2) is 16.8 Å². The van der Waals surface area contributed by atoms with Crippen molar-refractivity contribution in [2.45, 2.75) is 0 Å². The molecule has 1 amide bonds. The number of hydrogen-bond donors (Lipinski definition) is 2. The van der Waals surface area contributed by atoms with Crippen molar-refractivity contribution in [3.8, 4) is 0 Å². The molecule has 2 rings (SSSR count). The van der Waals surface area contributed by atoms with Crippen molar-refractivity contribution < 1.29 is 19.3 Å². The number of rotatable bonds is 3. The molecule has 2 aromatic carbocycles. The van der Waals surface area contributed by atoms with Gasteiger partial charge in [0.2, 0.25) is 0 Å². The first-order valence-corrected chi connectivity index (χ1v) is 6.09. The molecule has 0 spiro atoms. The number of benzene rings is 2. The fraction of sp³-hybridized carbons (Fsp3) is 0. The monoisotopic (exact) mass is 301 g/mol. The Bertz CT molecular complexity index is 728. The van der Waals surface area contributed by atoms with E-state index in [1.54, 1.807) is 12.1 Å². The maximum atomic E-state index is 11.8. The van der Waals surface area contributed by atoms with Crippen LogP contribution >= 0.6 is 0 Å². The van der Waals surface area contributed by atoms with Crippen molar-refractivity contribution in [3.63, 3.8) is 0 Å². The standard InChI is InChI=1S/C14H11N3O5/c15-12-4-2-1-3-11(12)14(19)22-16-13(18)9-5-7-10(8-6-9)17(20)21/h1-8H,15H2,(H,16,18). The van der Waals surface area contributed by atoms with Crippen LogP contribution in [0.3, 0.4) is 0 Å². The van der Waals surface area contributed by atoms with Gasteiger partial charge in [-0.25, -0.2) is 4.79 Å². The smallest absolute Gasteiger partial charge is 0.365 e. The number of nitrogens with zero attached hydrogens (tertiary/aromatic N) is 1. The Morgan fingerprint density at radius 3 is 2.32 bits per heavy atom. The number of nitro benzene ring substituents is 1. The van der Waals surface area contributed by atoms with Crippen LogP contribution in [0.1, 0.15) is 20.7 Å². The van der Waals surface area contributed by atoms with Crippen molar-refractivity contribution in [3.05, 3.63) is 69.8 Å². The average Bonchev–Trinajstić information content (AvgIpc) is 2.52. The number of hydrogen-bond acceptors (Lipinski definition) is 6. The summed E-state index contributed by atoms with van der Waals surface area (Å²) in [6.07, 6.45) is 0. The summed E-state index contributed by atoms with van der Waals surface area (Å²) in [5, 5.41) is 10.5. The summed E-state index contributed by atoms with van der Waals surface area (Å²) in [6, 6.07) is 11.1. The molecule has 112 valence electrons.